The molecule has 0 aromatic carbocycles. The van der Waals surface area contributed by atoms with E-state index in [1.807, 2.05) is 0 Å². The molecule has 0 radical (unpaired) electrons. The first-order valence-electron chi connectivity index (χ1n) is 6.75. The van der Waals surface area contributed by atoms with E-state index in [1.54, 1.807) is 0 Å². The quantitative estimate of drug-likeness (QED) is 0.337. The lowest BCUT2D eigenvalue weighted by molar-refractivity contribution is -0.164. The molecule has 0 heterocycles. The van der Waals surface area contributed by atoms with Crippen molar-refractivity contribution in [3.05, 3.63) is 0 Å². The number of thiol groups is 1. The lowest BCUT2D eigenvalue weighted by Crippen LogP contribution is -2.41. The third-order valence-corrected chi connectivity index (χ3v) is 4.27. The molecule has 0 saturated heterocycles. The van der Waals surface area contributed by atoms with Gasteiger partial charge in [0.25, 0.3) is 0 Å². The summed E-state index contributed by atoms with van der Waals surface area (Å²) >= 11 is 0. The van der Waals surface area contributed by atoms with Crippen LogP contribution in [0.15, 0.2) is 0 Å². The van der Waals surface area contributed by atoms with Gasteiger partial charge in [0, 0.05) is 6.42 Å². The molecule has 1 aliphatic carbocycles. The Bertz CT molecular complexity index is 423. The summed E-state index contributed by atoms with van der Waals surface area (Å²) in [7, 11) is -4.57. The monoisotopic (exact) mass is 334 g/mol. The van der Waals surface area contributed by atoms with Crippen LogP contribution in [0, 0.1) is 5.92 Å². The van der Waals surface area contributed by atoms with Gasteiger partial charge in [-0.05, 0) is 19.3 Å². The topological polar surface area (TPSA) is 60.4 Å². The van der Waals surface area contributed by atoms with Crippen LogP contribution < -0.4 is 0 Å². The summed E-state index contributed by atoms with van der Waals surface area (Å²) in [6, 6.07) is 0. The van der Waals surface area contributed by atoms with Gasteiger partial charge in [-0.3, -0.25) is 4.79 Å². The highest BCUT2D eigenvalue weighted by atomic mass is 32.2. The van der Waals surface area contributed by atoms with Crippen LogP contribution in [0.3, 0.4) is 0 Å². The maximum absolute atomic E-state index is 13.1. The molecule has 0 bridgehead atoms. The Morgan fingerprint density at radius 2 is 1.67 bits per heavy atom. The fraction of sp³-hybridized carbons (Fsp3) is 0.917. The number of hydrogen-bond donors (Lipinski definition) is 1. The molecule has 1 saturated carbocycles. The maximum atomic E-state index is 13.1. The van der Waals surface area contributed by atoms with Gasteiger partial charge in [0.2, 0.25) is 10.7 Å². The van der Waals surface area contributed by atoms with Crippen molar-refractivity contribution in [1.29, 1.82) is 0 Å². The molecule has 0 spiro atoms. The van der Waals surface area contributed by atoms with Gasteiger partial charge >= 0.3 is 17.1 Å². The fourth-order valence-electron chi connectivity index (χ4n) is 2.21. The molecule has 1 rings (SSSR count). The average Bonchev–Trinajstić information content (AvgIpc) is 2.44. The third kappa shape index (κ3) is 4.82. The van der Waals surface area contributed by atoms with Crippen molar-refractivity contribution in [2.45, 2.75) is 56.1 Å². The van der Waals surface area contributed by atoms with E-state index >= 15 is 0 Å². The van der Waals surface area contributed by atoms with Crippen molar-refractivity contribution in [2.75, 3.05) is 6.61 Å². The number of hydrogen-bond acceptors (Lipinski definition) is 4. The van der Waals surface area contributed by atoms with Crippen LogP contribution in [0.4, 0.5) is 17.6 Å². The predicted molar refractivity (Wildman–Crippen MR) is 67.0 cm³/mol. The van der Waals surface area contributed by atoms with E-state index in [-0.39, 0.29) is 5.92 Å². The van der Waals surface area contributed by atoms with Crippen LogP contribution >= 0.6 is 0 Å². The van der Waals surface area contributed by atoms with E-state index in [1.165, 1.54) is 0 Å². The van der Waals surface area contributed by atoms with Crippen molar-refractivity contribution in [3.8, 4) is 0 Å². The van der Waals surface area contributed by atoms with Gasteiger partial charge in [0.1, 0.15) is 0 Å². The van der Waals surface area contributed by atoms with Crippen LogP contribution in [0.25, 0.3) is 0 Å². The third-order valence-electron chi connectivity index (χ3n) is 3.49. The van der Waals surface area contributed by atoms with E-state index in [9.17, 15) is 30.8 Å². The van der Waals surface area contributed by atoms with Gasteiger partial charge in [-0.2, -0.15) is 17.6 Å². The minimum absolute atomic E-state index is 0.253. The Kier molecular flexibility index (Phi) is 6.42. The number of carbonyl (C=O) groups is 1. The first-order chi connectivity index (χ1) is 9.68. The van der Waals surface area contributed by atoms with E-state index in [0.29, 0.717) is 12.8 Å². The highest BCUT2D eigenvalue weighted by Gasteiger charge is 2.58. The van der Waals surface area contributed by atoms with E-state index in [2.05, 4.69) is 0 Å². The highest BCUT2D eigenvalue weighted by molar-refractivity contribution is 7.73. The summed E-state index contributed by atoms with van der Waals surface area (Å²) in [6.07, 6.45) is 2.33. The van der Waals surface area contributed by atoms with E-state index in [0.717, 1.165) is 19.3 Å². The normalized spacial score (nSPS) is 18.0. The van der Waals surface area contributed by atoms with Gasteiger partial charge in [-0.1, -0.05) is 19.3 Å². The van der Waals surface area contributed by atoms with Crippen molar-refractivity contribution in [3.63, 3.8) is 0 Å². The molecule has 0 aromatic heterocycles. The Morgan fingerprint density at radius 3 is 2.19 bits per heavy atom. The fourth-order valence-corrected chi connectivity index (χ4v) is 2.59. The number of alkyl halides is 4. The average molecular weight is 334 g/mol. The Hall–Kier alpha value is -0.860. The Morgan fingerprint density at radius 1 is 1.10 bits per heavy atom. The van der Waals surface area contributed by atoms with Gasteiger partial charge < -0.3 is 4.74 Å². The molecule has 1 aliphatic rings. The Balaban J connectivity index is 2.34. The van der Waals surface area contributed by atoms with Crippen LogP contribution in [0.5, 0.6) is 0 Å². The number of carbonyl (C=O) groups excluding carboxylic acids is 1. The predicted octanol–water partition coefficient (Wildman–Crippen LogP) is 2.73. The summed E-state index contributed by atoms with van der Waals surface area (Å²) in [5, 5.41) is -5.09. The van der Waals surface area contributed by atoms with Gasteiger partial charge in [0.05, 0.1) is 12.5 Å². The first kappa shape index (κ1) is 18.2. The zero-order valence-electron chi connectivity index (χ0n) is 11.3. The van der Waals surface area contributed by atoms with Crippen LogP contribution in [-0.2, 0) is 20.2 Å². The summed E-state index contributed by atoms with van der Waals surface area (Å²) in [5.41, 5.74) is 0. The van der Waals surface area contributed by atoms with E-state index in [4.69, 9.17) is 4.74 Å². The standard InChI is InChI=1S/C12H18F4O4S/c13-11(14,12(15,16)21(18)19)7-4-8-20-10(17)9-5-2-1-3-6-9/h9,21H,1-8H2. The molecular formula is C12H18F4O4S. The highest BCUT2D eigenvalue weighted by Crippen LogP contribution is 2.38. The van der Waals surface area contributed by atoms with Crippen LogP contribution in [-0.4, -0.2) is 32.2 Å². The molecule has 0 unspecified atom stereocenters. The number of esters is 1. The van der Waals surface area contributed by atoms with Crippen molar-refractivity contribution in [2.24, 2.45) is 5.92 Å². The van der Waals surface area contributed by atoms with Crippen LogP contribution in [0.1, 0.15) is 44.9 Å². The molecule has 1 fully saturated rings. The lowest BCUT2D eigenvalue weighted by Gasteiger charge is -2.22. The summed E-state index contributed by atoms with van der Waals surface area (Å²) in [6.45, 7) is -0.420. The molecule has 0 aromatic rings. The maximum Gasteiger partial charge on any atom is 0.404 e. The SMILES string of the molecule is O=C(OCCCC(F)(F)C(F)(F)[SH](=O)=O)C1CCCCC1. The summed E-state index contributed by atoms with van der Waals surface area (Å²) in [5.74, 6) is -5.42. The first-order valence-corrected chi connectivity index (χ1v) is 7.93. The molecule has 21 heavy (non-hydrogen) atoms. The zero-order valence-corrected chi connectivity index (χ0v) is 12.2. The van der Waals surface area contributed by atoms with Gasteiger partial charge in [-0.25, -0.2) is 8.42 Å². The molecule has 124 valence electrons. The molecule has 0 N–H and O–H groups in total. The minimum Gasteiger partial charge on any atom is -0.465 e. The number of halogens is 4. The van der Waals surface area contributed by atoms with Crippen molar-refractivity contribution in [1.82, 2.24) is 0 Å². The molecule has 9 heteroatoms. The smallest absolute Gasteiger partial charge is 0.404 e. The van der Waals surface area contributed by atoms with Crippen molar-refractivity contribution >= 4 is 16.7 Å². The zero-order chi connectivity index (χ0) is 16.1. The number of ether oxygens (including phenoxy) is 1. The number of rotatable bonds is 7. The van der Waals surface area contributed by atoms with Gasteiger partial charge in [-0.15, -0.1) is 0 Å². The lowest BCUT2D eigenvalue weighted by atomic mass is 9.89. The van der Waals surface area contributed by atoms with Crippen molar-refractivity contribution < 1.29 is 35.5 Å². The van der Waals surface area contributed by atoms with Crippen LogP contribution in [0.2, 0.25) is 0 Å². The van der Waals surface area contributed by atoms with Gasteiger partial charge in [0.15, 0.2) is 0 Å². The largest absolute Gasteiger partial charge is 0.465 e. The second kappa shape index (κ2) is 7.42. The second-order valence-electron chi connectivity index (χ2n) is 5.11. The molecule has 4 nitrogen and oxygen atoms in total. The summed E-state index contributed by atoms with van der Waals surface area (Å²) in [4.78, 5) is 11.6. The molecule has 0 aliphatic heterocycles. The molecular weight excluding hydrogens is 316 g/mol. The molecule has 0 amide bonds. The summed E-state index contributed by atoms with van der Waals surface area (Å²) < 4.78 is 76.7. The Labute approximate surface area is 121 Å². The van der Waals surface area contributed by atoms with E-state index < -0.39 is 47.3 Å². The molecule has 0 atom stereocenters. The second-order valence-corrected chi connectivity index (χ2v) is 6.18. The minimum atomic E-state index is -5.09.